The zero-order chi connectivity index (χ0) is 23.1. The van der Waals surface area contributed by atoms with Gasteiger partial charge in [0.15, 0.2) is 0 Å². The van der Waals surface area contributed by atoms with E-state index in [2.05, 4.69) is 11.4 Å². The van der Waals surface area contributed by atoms with Gasteiger partial charge in [-0.05, 0) is 54.8 Å². The van der Waals surface area contributed by atoms with Crippen molar-refractivity contribution >= 4 is 21.6 Å². The monoisotopic (exact) mass is 452 g/mol. The smallest absolute Gasteiger partial charge is 0.253 e. The first kappa shape index (κ1) is 23.3. The summed E-state index contributed by atoms with van der Waals surface area (Å²) >= 11 is 0. The first-order valence-corrected chi connectivity index (χ1v) is 12.2. The molecule has 0 aromatic heterocycles. The molecule has 0 saturated heterocycles. The Balaban J connectivity index is 1.71. The fourth-order valence-electron chi connectivity index (χ4n) is 3.46. The fraction of sp³-hybridized carbons (Fsp3) is 0.240. The van der Waals surface area contributed by atoms with E-state index in [1.54, 1.807) is 24.3 Å². The molecule has 0 heterocycles. The fourth-order valence-corrected chi connectivity index (χ4v) is 4.36. The van der Waals surface area contributed by atoms with E-state index in [-0.39, 0.29) is 19.0 Å². The van der Waals surface area contributed by atoms with Gasteiger partial charge in [0.1, 0.15) is 12.4 Å². The van der Waals surface area contributed by atoms with Gasteiger partial charge in [-0.2, -0.15) is 0 Å². The lowest BCUT2D eigenvalue weighted by atomic mass is 10.1. The normalized spacial score (nSPS) is 11.1. The van der Waals surface area contributed by atoms with Crippen LogP contribution in [0.25, 0.3) is 0 Å². The molecule has 1 N–H and O–H groups in total. The molecule has 3 aromatic rings. The number of carbonyl (C=O) groups excluding carboxylic acids is 1. The Labute approximate surface area is 189 Å². The standard InChI is InChI=1S/C25H28N2O4S/c1-19-15-20(2)17-22(16-19)31-14-13-26-25(28)23-11-7-8-12-24(23)27(32(3,29)30)18-21-9-5-4-6-10-21/h4-12,15-17H,13-14,18H2,1-3H3,(H,26,28). The van der Waals surface area contributed by atoms with Crippen molar-refractivity contribution in [2.75, 3.05) is 23.7 Å². The number of para-hydroxylation sites is 1. The lowest BCUT2D eigenvalue weighted by Crippen LogP contribution is -2.33. The van der Waals surface area contributed by atoms with E-state index < -0.39 is 10.0 Å². The predicted octanol–water partition coefficient (Wildman–Crippen LogP) is 4.08. The van der Waals surface area contributed by atoms with Gasteiger partial charge in [0, 0.05) is 0 Å². The average molecular weight is 453 g/mol. The van der Waals surface area contributed by atoms with Crippen LogP contribution in [-0.4, -0.2) is 33.7 Å². The zero-order valence-electron chi connectivity index (χ0n) is 18.5. The van der Waals surface area contributed by atoms with Crippen LogP contribution >= 0.6 is 0 Å². The van der Waals surface area contributed by atoms with E-state index in [0.717, 1.165) is 28.7 Å². The molecule has 32 heavy (non-hydrogen) atoms. The second kappa shape index (κ2) is 10.3. The molecule has 0 saturated carbocycles. The summed E-state index contributed by atoms with van der Waals surface area (Å²) < 4.78 is 32.1. The van der Waals surface area contributed by atoms with Crippen molar-refractivity contribution in [3.8, 4) is 5.75 Å². The van der Waals surface area contributed by atoms with Crippen molar-refractivity contribution < 1.29 is 17.9 Å². The van der Waals surface area contributed by atoms with Gasteiger partial charge in [0.25, 0.3) is 5.91 Å². The van der Waals surface area contributed by atoms with Crippen LogP contribution < -0.4 is 14.4 Å². The topological polar surface area (TPSA) is 75.7 Å². The summed E-state index contributed by atoms with van der Waals surface area (Å²) in [5.41, 5.74) is 3.68. The second-order valence-corrected chi connectivity index (χ2v) is 9.61. The summed E-state index contributed by atoms with van der Waals surface area (Å²) in [4.78, 5) is 12.9. The second-order valence-electron chi connectivity index (χ2n) is 7.70. The van der Waals surface area contributed by atoms with Crippen LogP contribution in [-0.2, 0) is 16.6 Å². The molecule has 6 nitrogen and oxygen atoms in total. The highest BCUT2D eigenvalue weighted by Crippen LogP contribution is 2.25. The molecule has 1 amide bonds. The molecule has 0 fully saturated rings. The van der Waals surface area contributed by atoms with Gasteiger partial charge >= 0.3 is 0 Å². The minimum absolute atomic E-state index is 0.139. The number of carbonyl (C=O) groups is 1. The number of aryl methyl sites for hydroxylation is 2. The van der Waals surface area contributed by atoms with Gasteiger partial charge < -0.3 is 10.1 Å². The Morgan fingerprint density at radius 1 is 0.938 bits per heavy atom. The molecule has 0 spiro atoms. The molecular weight excluding hydrogens is 424 g/mol. The highest BCUT2D eigenvalue weighted by Gasteiger charge is 2.23. The number of benzene rings is 3. The van der Waals surface area contributed by atoms with Crippen molar-refractivity contribution in [3.63, 3.8) is 0 Å². The van der Waals surface area contributed by atoms with Crippen LogP contribution in [0.1, 0.15) is 27.0 Å². The Hall–Kier alpha value is -3.32. The molecule has 0 radical (unpaired) electrons. The molecule has 7 heteroatoms. The van der Waals surface area contributed by atoms with E-state index in [1.165, 1.54) is 4.31 Å². The lowest BCUT2D eigenvalue weighted by molar-refractivity contribution is 0.0947. The highest BCUT2D eigenvalue weighted by molar-refractivity contribution is 7.92. The number of nitrogens with one attached hydrogen (secondary N) is 1. The highest BCUT2D eigenvalue weighted by atomic mass is 32.2. The number of rotatable bonds is 9. The first-order valence-electron chi connectivity index (χ1n) is 10.3. The van der Waals surface area contributed by atoms with E-state index in [4.69, 9.17) is 4.74 Å². The molecule has 0 atom stereocenters. The van der Waals surface area contributed by atoms with E-state index >= 15 is 0 Å². The summed E-state index contributed by atoms with van der Waals surface area (Å²) in [6.45, 7) is 4.73. The molecular formula is C25H28N2O4S. The Bertz CT molecular complexity index is 1160. The van der Waals surface area contributed by atoms with Gasteiger partial charge in [0.2, 0.25) is 10.0 Å². The third-order valence-corrected chi connectivity index (χ3v) is 5.96. The van der Waals surface area contributed by atoms with E-state index in [9.17, 15) is 13.2 Å². The lowest BCUT2D eigenvalue weighted by Gasteiger charge is -2.24. The maximum atomic E-state index is 12.9. The van der Waals surface area contributed by atoms with Crippen molar-refractivity contribution in [2.24, 2.45) is 0 Å². The van der Waals surface area contributed by atoms with Crippen LogP contribution in [0.3, 0.4) is 0 Å². The van der Waals surface area contributed by atoms with Crippen LogP contribution in [0, 0.1) is 13.8 Å². The van der Waals surface area contributed by atoms with E-state index in [0.29, 0.717) is 17.9 Å². The minimum Gasteiger partial charge on any atom is -0.492 e. The van der Waals surface area contributed by atoms with Crippen molar-refractivity contribution in [1.29, 1.82) is 0 Å². The molecule has 0 aliphatic rings. The number of hydrogen-bond acceptors (Lipinski definition) is 4. The van der Waals surface area contributed by atoms with Gasteiger partial charge in [-0.1, -0.05) is 48.5 Å². The van der Waals surface area contributed by atoms with Crippen molar-refractivity contribution in [2.45, 2.75) is 20.4 Å². The van der Waals surface area contributed by atoms with E-state index in [1.807, 2.05) is 56.3 Å². The summed E-state index contributed by atoms with van der Waals surface area (Å²) in [5, 5.41) is 2.82. The zero-order valence-corrected chi connectivity index (χ0v) is 19.4. The third kappa shape index (κ3) is 6.34. The quantitative estimate of drug-likeness (QED) is 0.497. The maximum Gasteiger partial charge on any atom is 0.253 e. The molecule has 168 valence electrons. The van der Waals surface area contributed by atoms with Crippen molar-refractivity contribution in [1.82, 2.24) is 5.32 Å². The average Bonchev–Trinajstić information content (AvgIpc) is 2.74. The SMILES string of the molecule is Cc1cc(C)cc(OCCNC(=O)c2ccccc2N(Cc2ccccc2)S(C)(=O)=O)c1. The molecule has 0 aliphatic heterocycles. The summed E-state index contributed by atoms with van der Waals surface area (Å²) in [6, 6.07) is 21.9. The van der Waals surface area contributed by atoms with Crippen LogP contribution in [0.15, 0.2) is 72.8 Å². The first-order chi connectivity index (χ1) is 15.2. The molecule has 0 aliphatic carbocycles. The van der Waals surface area contributed by atoms with Crippen LogP contribution in [0.5, 0.6) is 5.75 Å². The Kier molecular flexibility index (Phi) is 7.53. The number of hydrogen-bond donors (Lipinski definition) is 1. The number of sulfonamides is 1. The van der Waals surface area contributed by atoms with Gasteiger partial charge in [-0.3, -0.25) is 9.10 Å². The minimum atomic E-state index is -3.61. The molecule has 0 bridgehead atoms. The van der Waals surface area contributed by atoms with Crippen LogP contribution in [0.4, 0.5) is 5.69 Å². The predicted molar refractivity (Wildman–Crippen MR) is 128 cm³/mol. The largest absolute Gasteiger partial charge is 0.492 e. The number of ether oxygens (including phenoxy) is 1. The third-order valence-electron chi connectivity index (χ3n) is 4.84. The Morgan fingerprint density at radius 3 is 2.22 bits per heavy atom. The van der Waals surface area contributed by atoms with Gasteiger partial charge in [-0.15, -0.1) is 0 Å². The molecule has 3 rings (SSSR count). The summed E-state index contributed by atoms with van der Waals surface area (Å²) in [6.07, 6.45) is 1.14. The summed E-state index contributed by atoms with van der Waals surface area (Å²) in [7, 11) is -3.61. The Morgan fingerprint density at radius 2 is 1.56 bits per heavy atom. The molecule has 3 aromatic carbocycles. The number of anilines is 1. The van der Waals surface area contributed by atoms with Gasteiger partial charge in [-0.25, -0.2) is 8.42 Å². The van der Waals surface area contributed by atoms with Gasteiger partial charge in [0.05, 0.1) is 30.6 Å². The molecule has 0 unspecified atom stereocenters. The summed E-state index contributed by atoms with van der Waals surface area (Å²) in [5.74, 6) is 0.398. The number of nitrogens with zero attached hydrogens (tertiary/aromatic N) is 1. The maximum absolute atomic E-state index is 12.9. The van der Waals surface area contributed by atoms with Crippen LogP contribution in [0.2, 0.25) is 0 Å². The van der Waals surface area contributed by atoms with Crippen molar-refractivity contribution in [3.05, 3.63) is 95.1 Å². The number of amides is 1.